The lowest BCUT2D eigenvalue weighted by Crippen LogP contribution is -2.16. The van der Waals surface area contributed by atoms with Crippen LogP contribution in [0.25, 0.3) is 0 Å². The van der Waals surface area contributed by atoms with Gasteiger partial charge in [0.1, 0.15) is 0 Å². The molecule has 17 heavy (non-hydrogen) atoms. The molecule has 0 fully saturated rings. The third kappa shape index (κ3) is 4.35. The molecule has 0 aliphatic rings. The second-order valence-corrected chi connectivity index (χ2v) is 4.85. The molecule has 0 aromatic carbocycles. The third-order valence-corrected chi connectivity index (χ3v) is 2.54. The first kappa shape index (κ1) is 14.0. The first-order valence-electron chi connectivity index (χ1n) is 6.35. The molecule has 0 aliphatic heterocycles. The van der Waals surface area contributed by atoms with Gasteiger partial charge in [-0.3, -0.25) is 0 Å². The molecule has 0 bridgehead atoms. The molecule has 1 heterocycles. The smallest absolute Gasteiger partial charge is 0.218 e. The van der Waals surface area contributed by atoms with Gasteiger partial charge in [-0.25, -0.2) is 4.98 Å². The van der Waals surface area contributed by atoms with Crippen molar-refractivity contribution in [2.45, 2.75) is 41.2 Å². The number of hydrogen-bond acceptors (Lipinski definition) is 3. The number of aryl methyl sites for hydroxylation is 2. The van der Waals surface area contributed by atoms with Crippen molar-refractivity contribution in [1.29, 1.82) is 0 Å². The largest absolute Gasteiger partial charge is 0.477 e. The SMILES string of the molecule is CCNCc1c(C)cc(C)nc1OCC(C)C. The Kier molecular flexibility index (Phi) is 5.42. The molecule has 1 aromatic heterocycles. The van der Waals surface area contributed by atoms with E-state index in [0.717, 1.165) is 31.3 Å². The van der Waals surface area contributed by atoms with E-state index < -0.39 is 0 Å². The van der Waals surface area contributed by atoms with E-state index in [1.165, 1.54) is 11.1 Å². The summed E-state index contributed by atoms with van der Waals surface area (Å²) in [7, 11) is 0. The van der Waals surface area contributed by atoms with Gasteiger partial charge in [-0.05, 0) is 37.9 Å². The van der Waals surface area contributed by atoms with E-state index in [4.69, 9.17) is 4.74 Å². The molecular weight excluding hydrogens is 212 g/mol. The summed E-state index contributed by atoms with van der Waals surface area (Å²) >= 11 is 0. The molecule has 0 atom stereocenters. The maximum absolute atomic E-state index is 5.81. The van der Waals surface area contributed by atoms with Gasteiger partial charge in [-0.15, -0.1) is 0 Å². The van der Waals surface area contributed by atoms with E-state index in [1.54, 1.807) is 0 Å². The number of ether oxygens (including phenoxy) is 1. The molecule has 0 amide bonds. The second kappa shape index (κ2) is 6.60. The Morgan fingerprint density at radius 1 is 1.35 bits per heavy atom. The molecule has 3 heteroatoms. The molecular formula is C14H24N2O. The van der Waals surface area contributed by atoms with Crippen molar-refractivity contribution in [2.24, 2.45) is 5.92 Å². The van der Waals surface area contributed by atoms with Crippen LogP contribution in [0.4, 0.5) is 0 Å². The number of hydrogen-bond donors (Lipinski definition) is 1. The highest BCUT2D eigenvalue weighted by atomic mass is 16.5. The van der Waals surface area contributed by atoms with Gasteiger partial charge in [-0.1, -0.05) is 20.8 Å². The Bertz CT molecular complexity index is 361. The van der Waals surface area contributed by atoms with Crippen molar-refractivity contribution in [2.75, 3.05) is 13.2 Å². The van der Waals surface area contributed by atoms with Gasteiger partial charge in [0.2, 0.25) is 5.88 Å². The van der Waals surface area contributed by atoms with Crippen LogP contribution in [0, 0.1) is 19.8 Å². The van der Waals surface area contributed by atoms with Gasteiger partial charge in [-0.2, -0.15) is 0 Å². The van der Waals surface area contributed by atoms with Gasteiger partial charge in [0.15, 0.2) is 0 Å². The summed E-state index contributed by atoms with van der Waals surface area (Å²) in [6.45, 7) is 13.0. The number of aromatic nitrogens is 1. The minimum absolute atomic E-state index is 0.518. The highest BCUT2D eigenvalue weighted by Gasteiger charge is 2.10. The maximum Gasteiger partial charge on any atom is 0.218 e. The topological polar surface area (TPSA) is 34.2 Å². The summed E-state index contributed by atoms with van der Waals surface area (Å²) in [6, 6.07) is 2.11. The van der Waals surface area contributed by atoms with Crippen molar-refractivity contribution in [1.82, 2.24) is 10.3 Å². The van der Waals surface area contributed by atoms with Crippen molar-refractivity contribution in [3.05, 3.63) is 22.9 Å². The van der Waals surface area contributed by atoms with Crippen molar-refractivity contribution < 1.29 is 4.74 Å². The van der Waals surface area contributed by atoms with E-state index in [1.807, 2.05) is 6.92 Å². The van der Waals surface area contributed by atoms with E-state index in [9.17, 15) is 0 Å². The Hall–Kier alpha value is -1.09. The monoisotopic (exact) mass is 236 g/mol. The average molecular weight is 236 g/mol. The lowest BCUT2D eigenvalue weighted by atomic mass is 10.1. The average Bonchev–Trinajstić information content (AvgIpc) is 2.24. The summed E-state index contributed by atoms with van der Waals surface area (Å²) < 4.78 is 5.81. The summed E-state index contributed by atoms with van der Waals surface area (Å²) in [5, 5.41) is 3.33. The fraction of sp³-hybridized carbons (Fsp3) is 0.643. The number of nitrogens with zero attached hydrogens (tertiary/aromatic N) is 1. The molecule has 0 radical (unpaired) electrons. The summed E-state index contributed by atoms with van der Waals surface area (Å²) in [5.41, 5.74) is 3.44. The van der Waals surface area contributed by atoms with Crippen LogP contribution in [0.1, 0.15) is 37.6 Å². The van der Waals surface area contributed by atoms with E-state index >= 15 is 0 Å². The summed E-state index contributed by atoms with van der Waals surface area (Å²) in [6.07, 6.45) is 0. The van der Waals surface area contributed by atoms with Crippen LogP contribution in [0.3, 0.4) is 0 Å². The Morgan fingerprint density at radius 3 is 2.65 bits per heavy atom. The summed E-state index contributed by atoms with van der Waals surface area (Å²) in [4.78, 5) is 4.50. The Morgan fingerprint density at radius 2 is 2.06 bits per heavy atom. The zero-order valence-electron chi connectivity index (χ0n) is 11.6. The molecule has 96 valence electrons. The quantitative estimate of drug-likeness (QED) is 0.824. The summed E-state index contributed by atoms with van der Waals surface area (Å²) in [5.74, 6) is 1.31. The number of nitrogens with one attached hydrogen (secondary N) is 1. The fourth-order valence-electron chi connectivity index (χ4n) is 1.66. The molecule has 0 aliphatic carbocycles. The van der Waals surface area contributed by atoms with Crippen LogP contribution in [0.15, 0.2) is 6.07 Å². The zero-order chi connectivity index (χ0) is 12.8. The normalized spacial score (nSPS) is 10.9. The third-order valence-electron chi connectivity index (χ3n) is 2.54. The van der Waals surface area contributed by atoms with Crippen LogP contribution in [0.5, 0.6) is 5.88 Å². The molecule has 1 rings (SSSR count). The van der Waals surface area contributed by atoms with E-state index in [-0.39, 0.29) is 0 Å². The molecule has 1 N–H and O–H groups in total. The maximum atomic E-state index is 5.81. The first-order valence-corrected chi connectivity index (χ1v) is 6.35. The van der Waals surface area contributed by atoms with Gasteiger partial charge in [0.05, 0.1) is 6.61 Å². The first-order chi connectivity index (χ1) is 8.04. The number of pyridine rings is 1. The predicted molar refractivity (Wildman–Crippen MR) is 71.4 cm³/mol. The van der Waals surface area contributed by atoms with Crippen LogP contribution in [-0.4, -0.2) is 18.1 Å². The fourth-order valence-corrected chi connectivity index (χ4v) is 1.66. The van der Waals surface area contributed by atoms with Crippen LogP contribution >= 0.6 is 0 Å². The van der Waals surface area contributed by atoms with Crippen molar-refractivity contribution in [3.63, 3.8) is 0 Å². The second-order valence-electron chi connectivity index (χ2n) is 4.85. The van der Waals surface area contributed by atoms with Gasteiger partial charge < -0.3 is 10.1 Å². The van der Waals surface area contributed by atoms with Crippen LogP contribution in [0.2, 0.25) is 0 Å². The number of rotatable bonds is 6. The standard InChI is InChI=1S/C14H24N2O/c1-6-15-8-13-11(4)7-12(5)16-14(13)17-9-10(2)3/h7,10,15H,6,8-9H2,1-5H3. The van der Waals surface area contributed by atoms with E-state index in [2.05, 4.69) is 44.1 Å². The molecule has 0 saturated heterocycles. The lowest BCUT2D eigenvalue weighted by Gasteiger charge is -2.15. The highest BCUT2D eigenvalue weighted by Crippen LogP contribution is 2.21. The van der Waals surface area contributed by atoms with Crippen molar-refractivity contribution >= 4 is 0 Å². The highest BCUT2D eigenvalue weighted by molar-refractivity contribution is 5.35. The van der Waals surface area contributed by atoms with Gasteiger partial charge in [0, 0.05) is 17.8 Å². The molecule has 0 saturated carbocycles. The Balaban J connectivity index is 2.89. The predicted octanol–water partition coefficient (Wildman–Crippen LogP) is 2.84. The zero-order valence-corrected chi connectivity index (χ0v) is 11.6. The van der Waals surface area contributed by atoms with Crippen LogP contribution < -0.4 is 10.1 Å². The Labute approximate surface area is 105 Å². The minimum Gasteiger partial charge on any atom is -0.477 e. The van der Waals surface area contributed by atoms with Crippen LogP contribution in [-0.2, 0) is 6.54 Å². The molecule has 3 nitrogen and oxygen atoms in total. The molecule has 0 unspecified atom stereocenters. The molecule has 0 spiro atoms. The van der Waals surface area contributed by atoms with E-state index in [0.29, 0.717) is 5.92 Å². The van der Waals surface area contributed by atoms with Gasteiger partial charge in [0.25, 0.3) is 0 Å². The van der Waals surface area contributed by atoms with Crippen molar-refractivity contribution in [3.8, 4) is 5.88 Å². The minimum atomic E-state index is 0.518. The van der Waals surface area contributed by atoms with Gasteiger partial charge >= 0.3 is 0 Å². The lowest BCUT2D eigenvalue weighted by molar-refractivity contribution is 0.257. The molecule has 1 aromatic rings.